The first-order chi connectivity index (χ1) is 14.4. The number of rotatable bonds is 3. The molecule has 0 saturated carbocycles. The molecule has 0 unspecified atom stereocenters. The van der Waals surface area contributed by atoms with Crippen molar-refractivity contribution < 1.29 is 14.5 Å². The van der Waals surface area contributed by atoms with Gasteiger partial charge in [-0.2, -0.15) is 0 Å². The molecule has 2 aliphatic rings. The Labute approximate surface area is 183 Å². The molecule has 0 aromatic heterocycles. The van der Waals surface area contributed by atoms with Gasteiger partial charge in [0.15, 0.2) is 0 Å². The molecule has 7 nitrogen and oxygen atoms in total. The molecule has 2 heterocycles. The number of thioether (sulfide) groups is 1. The molecule has 1 spiro atoms. The predicted octanol–water partition coefficient (Wildman–Crippen LogP) is 4.07. The van der Waals surface area contributed by atoms with Crippen LogP contribution in [0.4, 0.5) is 5.69 Å². The molecule has 0 radical (unpaired) electrons. The fraction of sp³-hybridized carbons (Fsp3) is 0.333. The number of benzene rings is 2. The molecule has 0 bridgehead atoms. The molecular formula is C21H20ClN3O4S. The van der Waals surface area contributed by atoms with Gasteiger partial charge in [0.1, 0.15) is 0 Å². The number of carbonyl (C=O) groups is 2. The maximum absolute atomic E-state index is 13.1. The summed E-state index contributed by atoms with van der Waals surface area (Å²) in [7, 11) is 0. The van der Waals surface area contributed by atoms with Crippen LogP contribution in [0.2, 0.25) is 5.02 Å². The molecule has 4 rings (SSSR count). The van der Waals surface area contributed by atoms with Crippen molar-refractivity contribution >= 4 is 40.9 Å². The summed E-state index contributed by atoms with van der Waals surface area (Å²) < 4.78 is 0. The van der Waals surface area contributed by atoms with Crippen LogP contribution in [0.15, 0.2) is 48.5 Å². The van der Waals surface area contributed by atoms with Gasteiger partial charge in [0.25, 0.3) is 17.5 Å². The molecule has 0 aliphatic carbocycles. The van der Waals surface area contributed by atoms with E-state index in [0.29, 0.717) is 48.6 Å². The van der Waals surface area contributed by atoms with Crippen LogP contribution in [-0.4, -0.2) is 56.8 Å². The van der Waals surface area contributed by atoms with Crippen molar-refractivity contribution in [3.05, 3.63) is 74.8 Å². The van der Waals surface area contributed by atoms with E-state index >= 15 is 0 Å². The van der Waals surface area contributed by atoms with Crippen LogP contribution < -0.4 is 0 Å². The molecule has 2 amide bonds. The minimum absolute atomic E-state index is 0.0184. The van der Waals surface area contributed by atoms with Crippen molar-refractivity contribution in [3.8, 4) is 0 Å². The summed E-state index contributed by atoms with van der Waals surface area (Å²) in [6.07, 6.45) is 1.33. The Hall–Kier alpha value is -2.58. The number of carbonyl (C=O) groups excluding carboxylic acids is 2. The lowest BCUT2D eigenvalue weighted by Crippen LogP contribution is -2.53. The van der Waals surface area contributed by atoms with Gasteiger partial charge in [0, 0.05) is 53.7 Å². The van der Waals surface area contributed by atoms with Gasteiger partial charge in [0.2, 0.25) is 0 Å². The number of halogens is 1. The number of hydrogen-bond donors (Lipinski definition) is 0. The summed E-state index contributed by atoms with van der Waals surface area (Å²) in [5.74, 6) is 0.625. The van der Waals surface area contributed by atoms with Crippen molar-refractivity contribution in [2.24, 2.45) is 0 Å². The molecular weight excluding hydrogens is 426 g/mol. The van der Waals surface area contributed by atoms with E-state index < -0.39 is 4.92 Å². The van der Waals surface area contributed by atoms with Gasteiger partial charge in [-0.1, -0.05) is 17.7 Å². The first kappa shape index (κ1) is 20.7. The summed E-state index contributed by atoms with van der Waals surface area (Å²) in [5.41, 5.74) is 0.824. The largest absolute Gasteiger partial charge is 0.338 e. The van der Waals surface area contributed by atoms with Crippen LogP contribution in [0, 0.1) is 10.1 Å². The van der Waals surface area contributed by atoms with E-state index in [9.17, 15) is 19.7 Å². The molecule has 2 aromatic rings. The van der Waals surface area contributed by atoms with E-state index in [2.05, 4.69) is 0 Å². The first-order valence-corrected chi connectivity index (χ1v) is 11.0. The molecule has 2 saturated heterocycles. The Bertz CT molecular complexity index is 990. The number of non-ortho nitro benzene ring substituents is 1. The molecule has 0 atom stereocenters. The zero-order chi connectivity index (χ0) is 21.3. The van der Waals surface area contributed by atoms with Crippen LogP contribution in [-0.2, 0) is 0 Å². The van der Waals surface area contributed by atoms with Crippen molar-refractivity contribution in [1.29, 1.82) is 0 Å². The minimum Gasteiger partial charge on any atom is -0.338 e. The zero-order valence-electron chi connectivity index (χ0n) is 16.1. The highest BCUT2D eigenvalue weighted by Crippen LogP contribution is 2.44. The highest BCUT2D eigenvalue weighted by Gasteiger charge is 2.47. The lowest BCUT2D eigenvalue weighted by atomic mass is 10.00. The second-order valence-electron chi connectivity index (χ2n) is 7.36. The van der Waals surface area contributed by atoms with E-state index in [-0.39, 0.29) is 22.4 Å². The number of piperidine rings is 1. The van der Waals surface area contributed by atoms with Crippen LogP contribution in [0.25, 0.3) is 0 Å². The minimum atomic E-state index is -0.503. The fourth-order valence-corrected chi connectivity index (χ4v) is 5.63. The van der Waals surface area contributed by atoms with Gasteiger partial charge >= 0.3 is 0 Å². The predicted molar refractivity (Wildman–Crippen MR) is 116 cm³/mol. The summed E-state index contributed by atoms with van der Waals surface area (Å²) in [5, 5.41) is 11.6. The maximum atomic E-state index is 13.1. The van der Waals surface area contributed by atoms with E-state index in [4.69, 9.17) is 11.6 Å². The van der Waals surface area contributed by atoms with Crippen LogP contribution in [0.5, 0.6) is 0 Å². The molecule has 30 heavy (non-hydrogen) atoms. The second-order valence-corrected chi connectivity index (χ2v) is 9.25. The lowest BCUT2D eigenvalue weighted by molar-refractivity contribution is -0.384. The Morgan fingerprint density at radius 3 is 2.37 bits per heavy atom. The number of likely N-dealkylation sites (tertiary alicyclic amines) is 1. The Balaban J connectivity index is 1.46. The number of amides is 2. The number of nitro groups is 1. The molecule has 2 fully saturated rings. The highest BCUT2D eigenvalue weighted by molar-refractivity contribution is 8.00. The number of nitrogens with zero attached hydrogens (tertiary/aromatic N) is 3. The average Bonchev–Trinajstić information content (AvgIpc) is 3.16. The summed E-state index contributed by atoms with van der Waals surface area (Å²) in [6.45, 7) is 1.67. The SMILES string of the molecule is O=C(c1cccc([N+](=O)[O-])c1)N1CCC2(CC1)SCCN2C(=O)c1ccc(Cl)cc1. The van der Waals surface area contributed by atoms with Crippen molar-refractivity contribution in [2.75, 3.05) is 25.4 Å². The number of hydrogen-bond acceptors (Lipinski definition) is 5. The smallest absolute Gasteiger partial charge is 0.270 e. The molecule has 2 aromatic carbocycles. The highest BCUT2D eigenvalue weighted by atomic mass is 35.5. The van der Waals surface area contributed by atoms with Crippen molar-refractivity contribution in [1.82, 2.24) is 9.80 Å². The summed E-state index contributed by atoms with van der Waals surface area (Å²) in [4.78, 5) is 39.8. The lowest BCUT2D eigenvalue weighted by Gasteiger charge is -2.44. The van der Waals surface area contributed by atoms with Crippen molar-refractivity contribution in [3.63, 3.8) is 0 Å². The van der Waals surface area contributed by atoms with Gasteiger partial charge in [-0.15, -0.1) is 11.8 Å². The van der Waals surface area contributed by atoms with Gasteiger partial charge in [0.05, 0.1) is 9.79 Å². The van der Waals surface area contributed by atoms with Crippen LogP contribution in [0.3, 0.4) is 0 Å². The topological polar surface area (TPSA) is 83.8 Å². The molecule has 156 valence electrons. The first-order valence-electron chi connectivity index (χ1n) is 9.65. The van der Waals surface area contributed by atoms with E-state index in [1.807, 2.05) is 4.90 Å². The Morgan fingerprint density at radius 1 is 1.00 bits per heavy atom. The van der Waals surface area contributed by atoms with Gasteiger partial charge in [-0.05, 0) is 43.2 Å². The monoisotopic (exact) mass is 445 g/mol. The van der Waals surface area contributed by atoms with Gasteiger partial charge < -0.3 is 9.80 Å². The van der Waals surface area contributed by atoms with E-state index in [1.54, 1.807) is 47.0 Å². The zero-order valence-corrected chi connectivity index (χ0v) is 17.7. The van der Waals surface area contributed by atoms with Crippen molar-refractivity contribution in [2.45, 2.75) is 17.7 Å². The number of nitro benzene ring substituents is 1. The van der Waals surface area contributed by atoms with Crippen LogP contribution >= 0.6 is 23.4 Å². The third-order valence-electron chi connectivity index (χ3n) is 5.65. The quantitative estimate of drug-likeness (QED) is 0.525. The van der Waals surface area contributed by atoms with E-state index in [1.165, 1.54) is 18.2 Å². The van der Waals surface area contributed by atoms with Crippen LogP contribution in [0.1, 0.15) is 33.6 Å². The average molecular weight is 446 g/mol. The van der Waals surface area contributed by atoms with E-state index in [0.717, 1.165) is 5.75 Å². The third-order valence-corrected chi connectivity index (χ3v) is 7.45. The van der Waals surface area contributed by atoms with Gasteiger partial charge in [-0.3, -0.25) is 19.7 Å². The molecule has 0 N–H and O–H groups in total. The molecule has 2 aliphatic heterocycles. The van der Waals surface area contributed by atoms with Gasteiger partial charge in [-0.25, -0.2) is 0 Å². The Kier molecular flexibility index (Phi) is 5.71. The standard InChI is InChI=1S/C21H20ClN3O4S/c22-17-6-4-15(5-7-17)20(27)24-12-13-30-21(24)8-10-23(11-9-21)19(26)16-2-1-3-18(14-16)25(28)29/h1-7,14H,8-13H2. The maximum Gasteiger partial charge on any atom is 0.270 e. The summed E-state index contributed by atoms with van der Waals surface area (Å²) >= 11 is 7.71. The third kappa shape index (κ3) is 3.89. The fourth-order valence-electron chi connectivity index (χ4n) is 4.05. The normalized spacial score (nSPS) is 17.9. The summed E-state index contributed by atoms with van der Waals surface area (Å²) in [6, 6.07) is 12.7. The molecule has 9 heteroatoms. The second kappa shape index (κ2) is 8.28. The Morgan fingerprint density at radius 2 is 1.70 bits per heavy atom.